The van der Waals surface area contributed by atoms with Crippen LogP contribution in [0, 0.1) is 5.92 Å². The van der Waals surface area contributed by atoms with Crippen LogP contribution < -0.4 is 10.1 Å². The third-order valence-corrected chi connectivity index (χ3v) is 4.26. The minimum Gasteiger partial charge on any atom is -0.492 e. The van der Waals surface area contributed by atoms with Crippen LogP contribution in [-0.2, 0) is 0 Å². The Balaban J connectivity index is 2.00. The molecule has 1 saturated carbocycles. The van der Waals surface area contributed by atoms with Crippen LogP contribution in [0.25, 0.3) is 0 Å². The number of anilines is 1. The Bertz CT molecular complexity index is 400. The maximum atomic E-state index is 6.08. The lowest BCUT2D eigenvalue weighted by atomic mass is 9.84. The van der Waals surface area contributed by atoms with Gasteiger partial charge in [0.25, 0.3) is 0 Å². The predicted molar refractivity (Wildman–Crippen MR) is 82.3 cm³/mol. The fourth-order valence-corrected chi connectivity index (χ4v) is 3.00. The molecule has 3 heteroatoms. The van der Waals surface area contributed by atoms with E-state index in [2.05, 4.69) is 12.2 Å². The van der Waals surface area contributed by atoms with Crippen LogP contribution in [0.15, 0.2) is 18.2 Å². The van der Waals surface area contributed by atoms with Crippen molar-refractivity contribution in [3.8, 4) is 5.75 Å². The lowest BCUT2D eigenvalue weighted by Crippen LogP contribution is -2.26. The van der Waals surface area contributed by atoms with Gasteiger partial charge in [-0.2, -0.15) is 0 Å². The summed E-state index contributed by atoms with van der Waals surface area (Å²) in [6.07, 6.45) is 6.47. The Labute approximate surface area is 121 Å². The fraction of sp³-hybridized carbons (Fsp3) is 0.625. The normalized spacial score (nSPS) is 23.1. The summed E-state index contributed by atoms with van der Waals surface area (Å²) in [5.41, 5.74) is 1.04. The molecule has 0 atom stereocenters. The molecule has 0 spiro atoms. The van der Waals surface area contributed by atoms with E-state index in [0.29, 0.717) is 12.6 Å². The van der Waals surface area contributed by atoms with Gasteiger partial charge in [-0.25, -0.2) is 0 Å². The van der Waals surface area contributed by atoms with Gasteiger partial charge in [0.15, 0.2) is 0 Å². The van der Waals surface area contributed by atoms with Crippen LogP contribution in [0.1, 0.15) is 46.0 Å². The SMILES string of the molecule is CCOc1ccc(Cl)cc1NC1CCC(CC)CC1. The first kappa shape index (κ1) is 14.5. The summed E-state index contributed by atoms with van der Waals surface area (Å²) in [5, 5.41) is 4.37. The van der Waals surface area contributed by atoms with Crippen LogP contribution in [-0.4, -0.2) is 12.6 Å². The van der Waals surface area contributed by atoms with Gasteiger partial charge in [-0.3, -0.25) is 0 Å². The molecule has 106 valence electrons. The third kappa shape index (κ3) is 4.04. The standard InChI is InChI=1S/C16H24ClNO/c1-3-12-5-8-14(9-6-12)18-15-11-13(17)7-10-16(15)19-4-2/h7,10-12,14,18H,3-6,8-9H2,1-2H3. The van der Waals surface area contributed by atoms with Gasteiger partial charge < -0.3 is 10.1 Å². The molecule has 1 aliphatic rings. The van der Waals surface area contributed by atoms with Crippen molar-refractivity contribution in [3.05, 3.63) is 23.2 Å². The molecule has 1 aliphatic carbocycles. The van der Waals surface area contributed by atoms with E-state index in [1.54, 1.807) is 0 Å². The third-order valence-electron chi connectivity index (χ3n) is 4.03. The van der Waals surface area contributed by atoms with E-state index >= 15 is 0 Å². The molecule has 0 amide bonds. The topological polar surface area (TPSA) is 21.3 Å². The Morgan fingerprint density at radius 2 is 1.95 bits per heavy atom. The molecule has 1 aromatic rings. The molecular weight excluding hydrogens is 258 g/mol. The Morgan fingerprint density at radius 3 is 2.58 bits per heavy atom. The maximum absolute atomic E-state index is 6.08. The number of rotatable bonds is 5. The van der Waals surface area contributed by atoms with Crippen molar-refractivity contribution in [1.29, 1.82) is 0 Å². The van der Waals surface area contributed by atoms with Crippen LogP contribution in [0.5, 0.6) is 5.75 Å². The van der Waals surface area contributed by atoms with Gasteiger partial charge in [-0.1, -0.05) is 24.9 Å². The van der Waals surface area contributed by atoms with Gasteiger partial charge in [0, 0.05) is 11.1 Å². The van der Waals surface area contributed by atoms with E-state index in [0.717, 1.165) is 22.4 Å². The summed E-state index contributed by atoms with van der Waals surface area (Å²) in [6.45, 7) is 4.98. The summed E-state index contributed by atoms with van der Waals surface area (Å²) >= 11 is 6.08. The average molecular weight is 282 g/mol. The molecular formula is C16H24ClNO. The zero-order chi connectivity index (χ0) is 13.7. The lowest BCUT2D eigenvalue weighted by molar-refractivity contribution is 0.325. The number of halogens is 1. The highest BCUT2D eigenvalue weighted by Crippen LogP contribution is 2.33. The first-order chi connectivity index (χ1) is 9.22. The number of ether oxygens (including phenoxy) is 1. The Morgan fingerprint density at radius 1 is 1.21 bits per heavy atom. The van der Waals surface area contributed by atoms with E-state index in [-0.39, 0.29) is 0 Å². The monoisotopic (exact) mass is 281 g/mol. The molecule has 1 N–H and O–H groups in total. The van der Waals surface area contributed by atoms with Gasteiger partial charge in [-0.05, 0) is 56.7 Å². The zero-order valence-electron chi connectivity index (χ0n) is 11.9. The summed E-state index contributed by atoms with van der Waals surface area (Å²) in [4.78, 5) is 0. The van der Waals surface area contributed by atoms with Crippen molar-refractivity contribution in [2.45, 2.75) is 52.0 Å². The first-order valence-electron chi connectivity index (χ1n) is 7.41. The first-order valence-corrected chi connectivity index (χ1v) is 7.79. The van der Waals surface area contributed by atoms with Crippen LogP contribution in [0.2, 0.25) is 5.02 Å². The highest BCUT2D eigenvalue weighted by atomic mass is 35.5. The van der Waals surface area contributed by atoms with Crippen LogP contribution in [0.3, 0.4) is 0 Å². The van der Waals surface area contributed by atoms with Crippen molar-refractivity contribution in [3.63, 3.8) is 0 Å². The van der Waals surface area contributed by atoms with Crippen molar-refractivity contribution in [2.24, 2.45) is 5.92 Å². The van der Waals surface area contributed by atoms with Crippen molar-refractivity contribution in [2.75, 3.05) is 11.9 Å². The second-order valence-corrected chi connectivity index (χ2v) is 5.78. The van der Waals surface area contributed by atoms with Crippen molar-refractivity contribution >= 4 is 17.3 Å². The quantitative estimate of drug-likeness (QED) is 0.809. The molecule has 0 bridgehead atoms. The summed E-state index contributed by atoms with van der Waals surface area (Å²) in [6, 6.07) is 6.36. The number of hydrogen-bond acceptors (Lipinski definition) is 2. The van der Waals surface area contributed by atoms with E-state index in [4.69, 9.17) is 16.3 Å². The molecule has 0 aliphatic heterocycles. The average Bonchev–Trinajstić information content (AvgIpc) is 2.43. The van der Waals surface area contributed by atoms with Gasteiger partial charge in [0.05, 0.1) is 12.3 Å². The molecule has 2 nitrogen and oxygen atoms in total. The number of nitrogens with one attached hydrogen (secondary N) is 1. The van der Waals surface area contributed by atoms with E-state index < -0.39 is 0 Å². The van der Waals surface area contributed by atoms with Crippen LogP contribution in [0.4, 0.5) is 5.69 Å². The minimum absolute atomic E-state index is 0.556. The van der Waals surface area contributed by atoms with E-state index in [1.165, 1.54) is 32.1 Å². The van der Waals surface area contributed by atoms with E-state index in [9.17, 15) is 0 Å². The highest BCUT2D eigenvalue weighted by molar-refractivity contribution is 6.30. The van der Waals surface area contributed by atoms with Crippen molar-refractivity contribution in [1.82, 2.24) is 0 Å². The Hall–Kier alpha value is -0.890. The second kappa shape index (κ2) is 7.04. The fourth-order valence-electron chi connectivity index (χ4n) is 2.83. The molecule has 0 radical (unpaired) electrons. The molecule has 0 heterocycles. The van der Waals surface area contributed by atoms with Crippen LogP contribution >= 0.6 is 11.6 Å². The zero-order valence-corrected chi connectivity index (χ0v) is 12.7. The molecule has 19 heavy (non-hydrogen) atoms. The summed E-state index contributed by atoms with van der Waals surface area (Å²) in [7, 11) is 0. The van der Waals surface area contributed by atoms with Crippen molar-refractivity contribution < 1.29 is 4.74 Å². The molecule has 0 aromatic heterocycles. The number of benzene rings is 1. The molecule has 0 unspecified atom stereocenters. The molecule has 2 rings (SSSR count). The smallest absolute Gasteiger partial charge is 0.142 e. The van der Waals surface area contributed by atoms with E-state index in [1.807, 2.05) is 25.1 Å². The largest absolute Gasteiger partial charge is 0.492 e. The molecule has 1 aromatic carbocycles. The summed E-state index contributed by atoms with van der Waals surface area (Å²) in [5.74, 6) is 1.83. The summed E-state index contributed by atoms with van der Waals surface area (Å²) < 4.78 is 5.65. The van der Waals surface area contributed by atoms with Gasteiger partial charge in [0.2, 0.25) is 0 Å². The lowest BCUT2D eigenvalue weighted by Gasteiger charge is -2.29. The predicted octanol–water partition coefficient (Wildman–Crippen LogP) is 5.12. The maximum Gasteiger partial charge on any atom is 0.142 e. The Kier molecular flexibility index (Phi) is 5.38. The van der Waals surface area contributed by atoms with Gasteiger partial charge in [-0.15, -0.1) is 0 Å². The highest BCUT2D eigenvalue weighted by Gasteiger charge is 2.20. The molecule has 0 saturated heterocycles. The van der Waals surface area contributed by atoms with Gasteiger partial charge >= 0.3 is 0 Å². The minimum atomic E-state index is 0.556. The molecule has 1 fully saturated rings. The van der Waals surface area contributed by atoms with Gasteiger partial charge in [0.1, 0.15) is 5.75 Å². The second-order valence-electron chi connectivity index (χ2n) is 5.34. The number of hydrogen-bond donors (Lipinski definition) is 1.